The zero-order valence-electron chi connectivity index (χ0n) is 11.6. The van der Waals surface area contributed by atoms with Gasteiger partial charge in [-0.25, -0.2) is 0 Å². The van der Waals surface area contributed by atoms with Crippen LogP contribution in [0.1, 0.15) is 18.1 Å². The monoisotopic (exact) mass is 434 g/mol. The molecular weight excluding hydrogens is 419 g/mol. The molecule has 0 saturated heterocycles. The number of nitrogens with one attached hydrogen (secondary N) is 1. The molecule has 114 valence electrons. The molecular formula is C15H17Br2ClN2O. The van der Waals surface area contributed by atoms with E-state index >= 15 is 0 Å². The highest BCUT2D eigenvalue weighted by atomic mass is 79.9. The Morgan fingerprint density at radius 1 is 1.14 bits per heavy atom. The summed E-state index contributed by atoms with van der Waals surface area (Å²) < 4.78 is 7.71. The summed E-state index contributed by atoms with van der Waals surface area (Å²) in [6.07, 6.45) is 3.61. The van der Waals surface area contributed by atoms with Gasteiger partial charge in [-0.05, 0) is 52.7 Å². The Labute approximate surface area is 148 Å². The molecule has 6 heteroatoms. The largest absolute Gasteiger partial charge is 0.492 e. The Bertz CT molecular complexity index is 567. The average molecular weight is 437 g/mol. The summed E-state index contributed by atoms with van der Waals surface area (Å²) in [5, 5.41) is 3.42. The van der Waals surface area contributed by atoms with Gasteiger partial charge in [0.1, 0.15) is 5.75 Å². The molecule has 1 aromatic carbocycles. The van der Waals surface area contributed by atoms with E-state index in [1.54, 1.807) is 12.4 Å². The molecule has 0 bridgehead atoms. The normalized spacial score (nSPS) is 10.0. The van der Waals surface area contributed by atoms with Crippen molar-refractivity contribution < 1.29 is 4.74 Å². The molecule has 0 atom stereocenters. The van der Waals surface area contributed by atoms with Crippen LogP contribution in [0.3, 0.4) is 0 Å². The zero-order chi connectivity index (χ0) is 14.4. The van der Waals surface area contributed by atoms with Gasteiger partial charge in [0.05, 0.1) is 11.1 Å². The Morgan fingerprint density at radius 2 is 1.86 bits per heavy atom. The summed E-state index contributed by atoms with van der Waals surface area (Å²) in [6, 6.07) is 8.09. The van der Waals surface area contributed by atoms with E-state index in [4.69, 9.17) is 4.74 Å². The van der Waals surface area contributed by atoms with Crippen LogP contribution >= 0.6 is 44.3 Å². The van der Waals surface area contributed by atoms with Crippen LogP contribution in [-0.2, 0) is 13.1 Å². The Hall–Kier alpha value is -0.620. The minimum atomic E-state index is 0. The Morgan fingerprint density at radius 3 is 2.52 bits per heavy atom. The number of aromatic nitrogens is 1. The van der Waals surface area contributed by atoms with Gasteiger partial charge in [-0.1, -0.05) is 15.9 Å². The van der Waals surface area contributed by atoms with Crippen LogP contribution in [0.25, 0.3) is 0 Å². The summed E-state index contributed by atoms with van der Waals surface area (Å²) >= 11 is 7.06. The number of rotatable bonds is 6. The maximum Gasteiger partial charge on any atom is 0.138 e. The van der Waals surface area contributed by atoms with Gasteiger partial charge in [0.15, 0.2) is 0 Å². The van der Waals surface area contributed by atoms with Crippen LogP contribution in [0.5, 0.6) is 5.75 Å². The minimum Gasteiger partial charge on any atom is -0.492 e. The summed E-state index contributed by atoms with van der Waals surface area (Å²) in [6.45, 7) is 4.19. The molecule has 0 radical (unpaired) electrons. The van der Waals surface area contributed by atoms with Crippen molar-refractivity contribution in [2.45, 2.75) is 20.0 Å². The molecule has 21 heavy (non-hydrogen) atoms. The van der Waals surface area contributed by atoms with Crippen LogP contribution in [0.15, 0.2) is 45.6 Å². The quantitative estimate of drug-likeness (QED) is 0.712. The second-order valence-electron chi connectivity index (χ2n) is 4.27. The molecule has 2 aromatic rings. The van der Waals surface area contributed by atoms with Crippen LogP contribution in [0.2, 0.25) is 0 Å². The minimum absolute atomic E-state index is 0. The maximum absolute atomic E-state index is 5.71. The van der Waals surface area contributed by atoms with Gasteiger partial charge in [-0.2, -0.15) is 0 Å². The fraction of sp³-hybridized carbons (Fsp3) is 0.267. The van der Waals surface area contributed by atoms with Gasteiger partial charge >= 0.3 is 0 Å². The Kier molecular flexibility index (Phi) is 8.26. The molecule has 2 rings (SSSR count). The number of halogens is 3. The van der Waals surface area contributed by atoms with E-state index in [-0.39, 0.29) is 12.4 Å². The van der Waals surface area contributed by atoms with E-state index in [9.17, 15) is 0 Å². The third kappa shape index (κ3) is 5.58. The van der Waals surface area contributed by atoms with Crippen LogP contribution < -0.4 is 10.1 Å². The SMILES string of the molecule is CCOc1c(Br)cc(Br)cc1CNCc1ccncc1.Cl. The molecule has 0 unspecified atom stereocenters. The lowest BCUT2D eigenvalue weighted by Crippen LogP contribution is -2.14. The standard InChI is InChI=1S/C15H16Br2N2O.ClH/c1-2-20-15-12(7-13(16)8-14(15)17)10-19-9-11-3-5-18-6-4-11;/h3-8,19H,2,9-10H2,1H3;1H. The highest BCUT2D eigenvalue weighted by molar-refractivity contribution is 9.11. The molecule has 0 aliphatic rings. The maximum atomic E-state index is 5.71. The first-order valence-electron chi connectivity index (χ1n) is 6.41. The second kappa shape index (κ2) is 9.41. The first kappa shape index (κ1) is 18.4. The van der Waals surface area contributed by atoms with Crippen LogP contribution in [0, 0.1) is 0 Å². The predicted octanol–water partition coefficient (Wildman–Crippen LogP) is 4.72. The van der Waals surface area contributed by atoms with Gasteiger partial charge in [0.2, 0.25) is 0 Å². The van der Waals surface area contributed by atoms with Crippen LogP contribution in [0.4, 0.5) is 0 Å². The summed E-state index contributed by atoms with van der Waals surface area (Å²) in [5.41, 5.74) is 2.34. The highest BCUT2D eigenvalue weighted by Gasteiger charge is 2.09. The van der Waals surface area contributed by atoms with Gasteiger partial charge < -0.3 is 10.1 Å². The van der Waals surface area contributed by atoms with E-state index in [0.717, 1.165) is 33.3 Å². The third-order valence-electron chi connectivity index (χ3n) is 2.77. The molecule has 0 amide bonds. The number of hydrogen-bond acceptors (Lipinski definition) is 3. The lowest BCUT2D eigenvalue weighted by molar-refractivity contribution is 0.333. The molecule has 0 saturated carbocycles. The smallest absolute Gasteiger partial charge is 0.138 e. The van der Waals surface area contributed by atoms with E-state index in [0.29, 0.717) is 6.61 Å². The first-order chi connectivity index (χ1) is 9.70. The van der Waals surface area contributed by atoms with Gasteiger partial charge in [0.25, 0.3) is 0 Å². The van der Waals surface area contributed by atoms with Gasteiger partial charge in [0, 0.05) is 35.5 Å². The van der Waals surface area contributed by atoms with Crippen molar-refractivity contribution in [2.24, 2.45) is 0 Å². The van der Waals surface area contributed by atoms with E-state index in [2.05, 4.69) is 48.2 Å². The highest BCUT2D eigenvalue weighted by Crippen LogP contribution is 2.33. The van der Waals surface area contributed by atoms with Gasteiger partial charge in [-0.3, -0.25) is 4.98 Å². The zero-order valence-corrected chi connectivity index (χ0v) is 15.6. The number of pyridine rings is 1. The summed E-state index contributed by atoms with van der Waals surface area (Å²) in [4.78, 5) is 4.01. The van der Waals surface area contributed by atoms with Crippen molar-refractivity contribution >= 4 is 44.3 Å². The molecule has 0 aliphatic heterocycles. The second-order valence-corrected chi connectivity index (χ2v) is 6.04. The molecule has 1 N–H and O–H groups in total. The third-order valence-corrected chi connectivity index (χ3v) is 3.81. The predicted molar refractivity (Wildman–Crippen MR) is 95.0 cm³/mol. The lowest BCUT2D eigenvalue weighted by atomic mass is 10.2. The van der Waals surface area contributed by atoms with Crippen molar-refractivity contribution in [1.29, 1.82) is 0 Å². The van der Waals surface area contributed by atoms with E-state index in [1.807, 2.05) is 25.1 Å². The molecule has 0 spiro atoms. The molecule has 1 heterocycles. The van der Waals surface area contributed by atoms with Crippen LogP contribution in [-0.4, -0.2) is 11.6 Å². The Balaban J connectivity index is 0.00000220. The fourth-order valence-corrected chi connectivity index (χ4v) is 3.32. The van der Waals surface area contributed by atoms with Crippen molar-refractivity contribution in [2.75, 3.05) is 6.61 Å². The topological polar surface area (TPSA) is 34.1 Å². The summed E-state index contributed by atoms with van der Waals surface area (Å²) in [5.74, 6) is 0.901. The van der Waals surface area contributed by atoms with Gasteiger partial charge in [-0.15, -0.1) is 12.4 Å². The molecule has 1 aromatic heterocycles. The lowest BCUT2D eigenvalue weighted by Gasteiger charge is -2.13. The molecule has 3 nitrogen and oxygen atoms in total. The van der Waals surface area contributed by atoms with Crippen molar-refractivity contribution in [3.05, 3.63) is 56.7 Å². The van der Waals surface area contributed by atoms with E-state index < -0.39 is 0 Å². The average Bonchev–Trinajstić information content (AvgIpc) is 2.43. The fourth-order valence-electron chi connectivity index (χ4n) is 1.89. The molecule has 0 fully saturated rings. The number of ether oxygens (including phenoxy) is 1. The number of hydrogen-bond donors (Lipinski definition) is 1. The number of benzene rings is 1. The van der Waals surface area contributed by atoms with Crippen molar-refractivity contribution in [1.82, 2.24) is 10.3 Å². The first-order valence-corrected chi connectivity index (χ1v) is 7.99. The number of nitrogens with zero attached hydrogens (tertiary/aromatic N) is 1. The molecule has 0 aliphatic carbocycles. The summed E-state index contributed by atoms with van der Waals surface area (Å²) in [7, 11) is 0. The van der Waals surface area contributed by atoms with E-state index in [1.165, 1.54) is 5.56 Å². The van der Waals surface area contributed by atoms with Crippen molar-refractivity contribution in [3.8, 4) is 5.75 Å². The van der Waals surface area contributed by atoms with Crippen molar-refractivity contribution in [3.63, 3.8) is 0 Å².